The van der Waals surface area contributed by atoms with E-state index in [0.29, 0.717) is 0 Å². The number of hydrogen-bond donors (Lipinski definition) is 1. The summed E-state index contributed by atoms with van der Waals surface area (Å²) < 4.78 is 5.66. The first-order valence-corrected chi connectivity index (χ1v) is 6.92. The van der Waals surface area contributed by atoms with Gasteiger partial charge in [-0.15, -0.1) is 22.7 Å². The fourth-order valence-electron chi connectivity index (χ4n) is 1.62. The van der Waals surface area contributed by atoms with E-state index < -0.39 is 0 Å². The maximum Gasteiger partial charge on any atom is 0.124 e. The Bertz CT molecular complexity index is 448. The minimum Gasteiger partial charge on any atom is -0.368 e. The van der Waals surface area contributed by atoms with E-state index in [0.717, 1.165) is 36.1 Å². The highest BCUT2D eigenvalue weighted by atomic mass is 32.1. The molecule has 1 unspecified atom stereocenters. The van der Waals surface area contributed by atoms with Crippen molar-refractivity contribution in [2.45, 2.75) is 6.10 Å². The largest absolute Gasteiger partial charge is 0.368 e. The molecule has 1 saturated heterocycles. The van der Waals surface area contributed by atoms with E-state index in [1.165, 1.54) is 0 Å². The molecule has 0 saturated carbocycles. The molecule has 2 aromatic heterocycles. The quantitative estimate of drug-likeness (QED) is 0.888. The Morgan fingerprint density at radius 1 is 1.38 bits per heavy atom. The van der Waals surface area contributed by atoms with Crippen molar-refractivity contribution in [1.29, 1.82) is 0 Å². The average Bonchev–Trinajstić information content (AvgIpc) is 3.01. The fourth-order valence-corrected chi connectivity index (χ4v) is 3.02. The van der Waals surface area contributed by atoms with Gasteiger partial charge in [-0.3, -0.25) is 0 Å². The number of ether oxygens (including phenoxy) is 1. The molecule has 0 aromatic carbocycles. The Labute approximate surface area is 101 Å². The number of aromatic nitrogens is 2. The summed E-state index contributed by atoms with van der Waals surface area (Å²) in [5.74, 6) is 0. The maximum atomic E-state index is 5.66. The summed E-state index contributed by atoms with van der Waals surface area (Å²) in [5.41, 5.74) is 3.74. The van der Waals surface area contributed by atoms with Crippen molar-refractivity contribution in [3.8, 4) is 11.4 Å². The van der Waals surface area contributed by atoms with Crippen LogP contribution in [0.4, 0.5) is 0 Å². The predicted octanol–water partition coefficient (Wildman–Crippen LogP) is 1.93. The summed E-state index contributed by atoms with van der Waals surface area (Å²) in [7, 11) is 0. The first-order valence-electron chi connectivity index (χ1n) is 5.10. The number of hydrogen-bond acceptors (Lipinski definition) is 6. The summed E-state index contributed by atoms with van der Waals surface area (Å²) in [6, 6.07) is 0. The Morgan fingerprint density at radius 3 is 3.12 bits per heavy atom. The fraction of sp³-hybridized carbons (Fsp3) is 0.400. The molecule has 84 valence electrons. The molecular formula is C10H11N3OS2. The van der Waals surface area contributed by atoms with E-state index in [1.807, 2.05) is 16.3 Å². The lowest BCUT2D eigenvalue weighted by Crippen LogP contribution is -2.33. The normalized spacial score (nSPS) is 21.1. The van der Waals surface area contributed by atoms with Gasteiger partial charge >= 0.3 is 0 Å². The highest BCUT2D eigenvalue weighted by Gasteiger charge is 2.19. The van der Waals surface area contributed by atoms with Crippen LogP contribution >= 0.6 is 22.7 Å². The lowest BCUT2D eigenvalue weighted by atomic mass is 10.3. The molecule has 0 aliphatic carbocycles. The zero-order valence-electron chi connectivity index (χ0n) is 8.55. The molecule has 0 spiro atoms. The maximum absolute atomic E-state index is 5.66. The standard InChI is InChI=1S/C10H11N3OS2/c1-2-14-9(3-11-1)10-13-8(5-16-10)7-4-15-6-12-7/h4-6,9,11H,1-3H2. The molecule has 0 bridgehead atoms. The van der Waals surface area contributed by atoms with Crippen LogP contribution in [0.3, 0.4) is 0 Å². The molecular weight excluding hydrogens is 242 g/mol. The van der Waals surface area contributed by atoms with E-state index in [2.05, 4.69) is 15.3 Å². The second-order valence-electron chi connectivity index (χ2n) is 3.51. The monoisotopic (exact) mass is 253 g/mol. The molecule has 4 nitrogen and oxygen atoms in total. The number of morpholine rings is 1. The molecule has 6 heteroatoms. The third kappa shape index (κ3) is 2.01. The van der Waals surface area contributed by atoms with Crippen molar-refractivity contribution < 1.29 is 4.74 Å². The third-order valence-corrected chi connectivity index (χ3v) is 3.94. The zero-order chi connectivity index (χ0) is 10.8. The van der Waals surface area contributed by atoms with Crippen LogP contribution < -0.4 is 5.32 Å². The van der Waals surface area contributed by atoms with E-state index in [1.54, 1.807) is 22.7 Å². The van der Waals surface area contributed by atoms with Crippen molar-refractivity contribution in [3.63, 3.8) is 0 Å². The molecule has 3 heterocycles. The molecule has 3 rings (SSSR count). The summed E-state index contributed by atoms with van der Waals surface area (Å²) in [6.07, 6.45) is 0.103. The molecule has 2 aromatic rings. The molecule has 1 aliphatic heterocycles. The molecule has 0 amide bonds. The van der Waals surface area contributed by atoms with Crippen molar-refractivity contribution >= 4 is 22.7 Å². The molecule has 1 fully saturated rings. The number of thiazole rings is 2. The Kier molecular flexibility index (Phi) is 2.96. The second-order valence-corrected chi connectivity index (χ2v) is 5.12. The van der Waals surface area contributed by atoms with E-state index >= 15 is 0 Å². The summed E-state index contributed by atoms with van der Waals surface area (Å²) in [5, 5.41) is 8.40. The van der Waals surface area contributed by atoms with Crippen LogP contribution in [0.15, 0.2) is 16.3 Å². The van der Waals surface area contributed by atoms with Gasteiger partial charge in [0.05, 0.1) is 12.1 Å². The van der Waals surface area contributed by atoms with Crippen LogP contribution in [0.2, 0.25) is 0 Å². The van der Waals surface area contributed by atoms with E-state index in [4.69, 9.17) is 4.74 Å². The minimum absolute atomic E-state index is 0.103. The average molecular weight is 253 g/mol. The van der Waals surface area contributed by atoms with Gasteiger partial charge in [-0.2, -0.15) is 0 Å². The highest BCUT2D eigenvalue weighted by molar-refractivity contribution is 7.10. The molecule has 1 aliphatic rings. The summed E-state index contributed by atoms with van der Waals surface area (Å²) >= 11 is 3.23. The van der Waals surface area contributed by atoms with Gasteiger partial charge in [-0.05, 0) is 0 Å². The lowest BCUT2D eigenvalue weighted by molar-refractivity contribution is 0.0276. The van der Waals surface area contributed by atoms with Crippen molar-refractivity contribution in [1.82, 2.24) is 15.3 Å². The van der Waals surface area contributed by atoms with Crippen molar-refractivity contribution in [2.75, 3.05) is 19.7 Å². The predicted molar refractivity (Wildman–Crippen MR) is 64.8 cm³/mol. The molecule has 0 radical (unpaired) electrons. The van der Waals surface area contributed by atoms with Crippen LogP contribution in [0, 0.1) is 0 Å². The van der Waals surface area contributed by atoms with E-state index in [-0.39, 0.29) is 6.10 Å². The number of nitrogens with zero attached hydrogens (tertiary/aromatic N) is 2. The highest BCUT2D eigenvalue weighted by Crippen LogP contribution is 2.27. The van der Waals surface area contributed by atoms with Gasteiger partial charge in [0.15, 0.2) is 0 Å². The van der Waals surface area contributed by atoms with Gasteiger partial charge < -0.3 is 10.1 Å². The van der Waals surface area contributed by atoms with E-state index in [9.17, 15) is 0 Å². The lowest BCUT2D eigenvalue weighted by Gasteiger charge is -2.21. The SMILES string of the molecule is c1nc(-c2csc(C3CNCCO3)n2)cs1. The van der Waals surface area contributed by atoms with Gasteiger partial charge in [-0.1, -0.05) is 0 Å². The van der Waals surface area contributed by atoms with Crippen molar-refractivity contribution in [3.05, 3.63) is 21.3 Å². The molecule has 1 atom stereocenters. The molecule has 1 N–H and O–H groups in total. The number of nitrogens with one attached hydrogen (secondary N) is 1. The van der Waals surface area contributed by atoms with Gasteiger partial charge in [0.2, 0.25) is 0 Å². The van der Waals surface area contributed by atoms with Crippen LogP contribution in [-0.2, 0) is 4.74 Å². The van der Waals surface area contributed by atoms with Crippen LogP contribution in [0.25, 0.3) is 11.4 Å². The smallest absolute Gasteiger partial charge is 0.124 e. The Morgan fingerprint density at radius 2 is 2.38 bits per heavy atom. The van der Waals surface area contributed by atoms with Gasteiger partial charge in [0.1, 0.15) is 22.5 Å². The van der Waals surface area contributed by atoms with Crippen LogP contribution in [-0.4, -0.2) is 29.7 Å². The van der Waals surface area contributed by atoms with Gasteiger partial charge in [0.25, 0.3) is 0 Å². The van der Waals surface area contributed by atoms with Gasteiger partial charge in [-0.25, -0.2) is 9.97 Å². The van der Waals surface area contributed by atoms with Crippen LogP contribution in [0.1, 0.15) is 11.1 Å². The van der Waals surface area contributed by atoms with Gasteiger partial charge in [0, 0.05) is 23.8 Å². The number of rotatable bonds is 2. The summed E-state index contributed by atoms with van der Waals surface area (Å²) in [4.78, 5) is 8.83. The summed E-state index contributed by atoms with van der Waals surface area (Å²) in [6.45, 7) is 2.54. The zero-order valence-corrected chi connectivity index (χ0v) is 10.2. The first-order chi connectivity index (χ1) is 7.93. The Balaban J connectivity index is 1.82. The van der Waals surface area contributed by atoms with Crippen molar-refractivity contribution in [2.24, 2.45) is 0 Å². The first kappa shape index (κ1) is 10.3. The molecule has 16 heavy (non-hydrogen) atoms. The second kappa shape index (κ2) is 4.58. The topological polar surface area (TPSA) is 47.0 Å². The third-order valence-electron chi connectivity index (χ3n) is 2.42. The minimum atomic E-state index is 0.103. The Hall–Kier alpha value is -0.820. The van der Waals surface area contributed by atoms with Crippen LogP contribution in [0.5, 0.6) is 0 Å².